The average Bonchev–Trinajstić information content (AvgIpc) is 2.72. The fourth-order valence-corrected chi connectivity index (χ4v) is 3.68. The first-order valence-electron chi connectivity index (χ1n) is 7.91. The standard InChI is InChI=1S/C19H22N2OS/c1-21(2)12-7-13-22-20-19-16-9-4-3-8-15(16)14-23-18-11-6-5-10-17(18)19/h3-6,8-11H,7,12-14H2,1-2H3. The summed E-state index contributed by atoms with van der Waals surface area (Å²) >= 11 is 1.86. The lowest BCUT2D eigenvalue weighted by Gasteiger charge is -2.11. The highest BCUT2D eigenvalue weighted by molar-refractivity contribution is 7.98. The molecule has 0 spiro atoms. The van der Waals surface area contributed by atoms with Gasteiger partial charge in [0.1, 0.15) is 12.3 Å². The fourth-order valence-electron chi connectivity index (χ4n) is 2.62. The van der Waals surface area contributed by atoms with Gasteiger partial charge in [-0.1, -0.05) is 47.6 Å². The molecule has 0 atom stereocenters. The third-order valence-electron chi connectivity index (χ3n) is 3.79. The summed E-state index contributed by atoms with van der Waals surface area (Å²) in [5.74, 6) is 0.965. The van der Waals surface area contributed by atoms with E-state index in [1.165, 1.54) is 16.0 Å². The summed E-state index contributed by atoms with van der Waals surface area (Å²) in [6, 6.07) is 16.9. The van der Waals surface area contributed by atoms with E-state index in [1.807, 2.05) is 11.8 Å². The molecule has 3 nitrogen and oxygen atoms in total. The molecular formula is C19H22N2OS. The predicted octanol–water partition coefficient (Wildman–Crippen LogP) is 4.01. The van der Waals surface area contributed by atoms with Gasteiger partial charge in [0.15, 0.2) is 0 Å². The molecule has 0 unspecified atom stereocenters. The van der Waals surface area contributed by atoms with Crippen LogP contribution in [0.25, 0.3) is 0 Å². The van der Waals surface area contributed by atoms with Gasteiger partial charge >= 0.3 is 0 Å². The van der Waals surface area contributed by atoms with Gasteiger partial charge in [0.05, 0.1) is 0 Å². The van der Waals surface area contributed by atoms with Crippen LogP contribution in [0.4, 0.5) is 0 Å². The van der Waals surface area contributed by atoms with Crippen molar-refractivity contribution in [2.45, 2.75) is 17.1 Å². The highest BCUT2D eigenvalue weighted by Crippen LogP contribution is 2.33. The Morgan fingerprint density at radius 3 is 2.61 bits per heavy atom. The molecule has 0 aromatic heterocycles. The number of fused-ring (bicyclic) bond motifs is 2. The van der Waals surface area contributed by atoms with E-state index in [9.17, 15) is 0 Å². The van der Waals surface area contributed by atoms with Crippen molar-refractivity contribution in [1.29, 1.82) is 0 Å². The van der Waals surface area contributed by atoms with Gasteiger partial charge in [-0.3, -0.25) is 0 Å². The zero-order valence-corrected chi connectivity index (χ0v) is 14.5. The van der Waals surface area contributed by atoms with Gasteiger partial charge in [-0.25, -0.2) is 0 Å². The van der Waals surface area contributed by atoms with Crippen LogP contribution < -0.4 is 0 Å². The lowest BCUT2D eigenvalue weighted by molar-refractivity contribution is 0.135. The van der Waals surface area contributed by atoms with Gasteiger partial charge in [0.25, 0.3) is 0 Å². The van der Waals surface area contributed by atoms with Crippen LogP contribution in [0, 0.1) is 0 Å². The second-order valence-electron chi connectivity index (χ2n) is 5.87. The van der Waals surface area contributed by atoms with E-state index in [4.69, 9.17) is 4.84 Å². The highest BCUT2D eigenvalue weighted by atomic mass is 32.2. The van der Waals surface area contributed by atoms with Gasteiger partial charge in [0.2, 0.25) is 0 Å². The van der Waals surface area contributed by atoms with Crippen LogP contribution in [0.1, 0.15) is 23.1 Å². The Bertz CT molecular complexity index is 648. The van der Waals surface area contributed by atoms with Crippen LogP contribution in [0.2, 0.25) is 0 Å². The van der Waals surface area contributed by atoms with E-state index < -0.39 is 0 Å². The minimum Gasteiger partial charge on any atom is -0.395 e. The molecule has 0 saturated heterocycles. The molecule has 0 bridgehead atoms. The molecule has 1 aliphatic heterocycles. The van der Waals surface area contributed by atoms with Gasteiger partial charge in [-0.2, -0.15) is 0 Å². The second-order valence-corrected chi connectivity index (χ2v) is 6.89. The lowest BCUT2D eigenvalue weighted by atomic mass is 9.98. The largest absolute Gasteiger partial charge is 0.395 e. The number of rotatable bonds is 5. The molecule has 0 fully saturated rings. The topological polar surface area (TPSA) is 24.8 Å². The lowest BCUT2D eigenvalue weighted by Crippen LogP contribution is -2.14. The number of thioether (sulfide) groups is 1. The Balaban J connectivity index is 1.88. The van der Waals surface area contributed by atoms with E-state index in [0.29, 0.717) is 6.61 Å². The van der Waals surface area contributed by atoms with Crippen molar-refractivity contribution < 1.29 is 4.84 Å². The number of nitrogens with zero attached hydrogens (tertiary/aromatic N) is 2. The van der Waals surface area contributed by atoms with Crippen molar-refractivity contribution >= 4 is 17.5 Å². The number of oxime groups is 1. The minimum absolute atomic E-state index is 0.638. The maximum absolute atomic E-state index is 5.64. The van der Waals surface area contributed by atoms with Crippen LogP contribution in [0.5, 0.6) is 0 Å². The van der Waals surface area contributed by atoms with Crippen molar-refractivity contribution in [2.75, 3.05) is 27.2 Å². The van der Waals surface area contributed by atoms with Gasteiger partial charge < -0.3 is 9.74 Å². The first-order valence-corrected chi connectivity index (χ1v) is 8.89. The molecule has 23 heavy (non-hydrogen) atoms. The zero-order chi connectivity index (χ0) is 16.1. The molecule has 3 rings (SSSR count). The Morgan fingerprint density at radius 2 is 1.78 bits per heavy atom. The fraction of sp³-hybridized carbons (Fsp3) is 0.316. The Morgan fingerprint density at radius 1 is 1.04 bits per heavy atom. The SMILES string of the molecule is CN(C)CCCON=C1c2ccccc2CSc2ccccc21. The molecule has 0 amide bonds. The number of benzene rings is 2. The summed E-state index contributed by atoms with van der Waals surface area (Å²) in [6.45, 7) is 1.65. The Kier molecular flexibility index (Phi) is 5.36. The first kappa shape index (κ1) is 16.1. The molecule has 2 aromatic rings. The maximum Gasteiger partial charge on any atom is 0.118 e. The van der Waals surface area contributed by atoms with Crippen LogP contribution >= 0.6 is 11.8 Å². The molecule has 0 aliphatic carbocycles. The molecule has 4 heteroatoms. The van der Waals surface area contributed by atoms with Gasteiger partial charge in [0, 0.05) is 28.3 Å². The zero-order valence-electron chi connectivity index (χ0n) is 13.7. The van der Waals surface area contributed by atoms with Crippen molar-refractivity contribution in [3.63, 3.8) is 0 Å². The second kappa shape index (κ2) is 7.66. The number of hydrogen-bond acceptors (Lipinski definition) is 4. The molecular weight excluding hydrogens is 304 g/mol. The molecule has 0 radical (unpaired) electrons. The summed E-state index contributed by atoms with van der Waals surface area (Å²) < 4.78 is 0. The third kappa shape index (κ3) is 3.95. The Hall–Kier alpha value is -1.78. The van der Waals surface area contributed by atoms with Crippen LogP contribution in [-0.2, 0) is 10.6 Å². The Labute approximate surface area is 142 Å². The van der Waals surface area contributed by atoms with E-state index in [-0.39, 0.29) is 0 Å². The van der Waals surface area contributed by atoms with Crippen molar-refractivity contribution in [2.24, 2.45) is 5.16 Å². The van der Waals surface area contributed by atoms with Gasteiger partial charge in [-0.15, -0.1) is 11.8 Å². The third-order valence-corrected chi connectivity index (χ3v) is 4.92. The van der Waals surface area contributed by atoms with Crippen LogP contribution in [0.3, 0.4) is 0 Å². The molecule has 2 aromatic carbocycles. The maximum atomic E-state index is 5.64. The van der Waals surface area contributed by atoms with Crippen molar-refractivity contribution in [3.8, 4) is 0 Å². The smallest absolute Gasteiger partial charge is 0.118 e. The van der Waals surface area contributed by atoms with Gasteiger partial charge in [-0.05, 0) is 32.1 Å². The van der Waals surface area contributed by atoms with Crippen molar-refractivity contribution in [3.05, 3.63) is 65.2 Å². The summed E-state index contributed by atoms with van der Waals surface area (Å²) in [7, 11) is 4.14. The highest BCUT2D eigenvalue weighted by Gasteiger charge is 2.19. The molecule has 1 heterocycles. The van der Waals surface area contributed by atoms with E-state index in [0.717, 1.165) is 30.0 Å². The summed E-state index contributed by atoms with van der Waals surface area (Å²) in [6.07, 6.45) is 0.974. The molecule has 120 valence electrons. The van der Waals surface area contributed by atoms with Crippen molar-refractivity contribution in [1.82, 2.24) is 4.90 Å². The van der Waals surface area contributed by atoms with E-state index in [1.54, 1.807) is 0 Å². The summed E-state index contributed by atoms with van der Waals surface area (Å²) in [5, 5.41) is 4.51. The quantitative estimate of drug-likeness (QED) is 0.613. The molecule has 0 saturated carbocycles. The summed E-state index contributed by atoms with van der Waals surface area (Å²) in [4.78, 5) is 9.06. The van der Waals surface area contributed by atoms with Crippen LogP contribution in [0.15, 0.2) is 58.6 Å². The monoisotopic (exact) mass is 326 g/mol. The average molecular weight is 326 g/mol. The van der Waals surface area contributed by atoms with Crippen LogP contribution in [-0.4, -0.2) is 37.9 Å². The predicted molar refractivity (Wildman–Crippen MR) is 97.2 cm³/mol. The molecule has 1 aliphatic rings. The summed E-state index contributed by atoms with van der Waals surface area (Å²) in [5.41, 5.74) is 4.60. The van der Waals surface area contributed by atoms with E-state index in [2.05, 4.69) is 72.7 Å². The normalized spacial score (nSPS) is 15.2. The molecule has 0 N–H and O–H groups in total. The first-order chi connectivity index (χ1) is 11.3. The van der Waals surface area contributed by atoms with E-state index >= 15 is 0 Å². The number of hydrogen-bond donors (Lipinski definition) is 0. The minimum atomic E-state index is 0.638.